The van der Waals surface area contributed by atoms with Gasteiger partial charge in [-0.25, -0.2) is 0 Å². The number of unbranched alkanes of at least 4 members (excludes halogenated alkanes) is 5. The third-order valence-electron chi connectivity index (χ3n) is 2.42. The Morgan fingerprint density at radius 1 is 1.00 bits per heavy atom. The van der Waals surface area contributed by atoms with Gasteiger partial charge in [0.25, 0.3) is 0 Å². The molecule has 1 N–H and O–H groups in total. The normalized spacial score (nSPS) is 13.2. The van der Waals surface area contributed by atoms with Crippen molar-refractivity contribution in [3.05, 3.63) is 0 Å². The fourth-order valence-electron chi connectivity index (χ4n) is 1.40. The van der Waals surface area contributed by atoms with Crippen molar-refractivity contribution < 1.29 is 5.11 Å². The Morgan fingerprint density at radius 2 is 1.54 bits per heavy atom. The van der Waals surface area contributed by atoms with Gasteiger partial charge in [-0.05, 0) is 24.5 Å². The van der Waals surface area contributed by atoms with Gasteiger partial charge in [0, 0.05) is 6.61 Å². The Morgan fingerprint density at radius 3 is 2.08 bits per heavy atom. The Labute approximate surface area is 88.3 Å². The molecule has 0 aliphatic carbocycles. The summed E-state index contributed by atoms with van der Waals surface area (Å²) in [5, 5.41) is 8.57. The number of aliphatic hydroxyl groups excluding tert-OH is 1. The summed E-state index contributed by atoms with van der Waals surface area (Å²) in [6, 6.07) is 0. The molecule has 0 fully saturated rings. The summed E-state index contributed by atoms with van der Waals surface area (Å²) in [7, 11) is 0. The molecule has 0 amide bonds. The first-order valence-corrected chi connectivity index (χ1v) is 6.16. The van der Waals surface area contributed by atoms with Crippen molar-refractivity contribution in [2.75, 3.05) is 12.4 Å². The van der Waals surface area contributed by atoms with Gasteiger partial charge in [0.15, 0.2) is 0 Å². The van der Waals surface area contributed by atoms with Crippen molar-refractivity contribution >= 4 is 12.6 Å². The van der Waals surface area contributed by atoms with Crippen molar-refractivity contribution in [2.45, 2.75) is 51.9 Å². The van der Waals surface area contributed by atoms with E-state index in [2.05, 4.69) is 19.6 Å². The fraction of sp³-hybridized carbons (Fsp3) is 1.00. The van der Waals surface area contributed by atoms with E-state index < -0.39 is 0 Å². The van der Waals surface area contributed by atoms with E-state index in [1.807, 2.05) is 0 Å². The van der Waals surface area contributed by atoms with Crippen LogP contribution < -0.4 is 0 Å². The topological polar surface area (TPSA) is 20.2 Å². The van der Waals surface area contributed by atoms with Crippen molar-refractivity contribution in [3.8, 4) is 0 Å². The smallest absolute Gasteiger partial charge is 0.0431 e. The van der Waals surface area contributed by atoms with E-state index >= 15 is 0 Å². The quantitative estimate of drug-likeness (QED) is 0.436. The summed E-state index contributed by atoms with van der Waals surface area (Å²) in [6.07, 6.45) is 8.81. The van der Waals surface area contributed by atoms with Gasteiger partial charge in [0.05, 0.1) is 0 Å². The van der Waals surface area contributed by atoms with E-state index in [0.29, 0.717) is 6.61 Å². The largest absolute Gasteiger partial charge is 0.396 e. The Hall–Kier alpha value is 0.310. The molecule has 1 atom stereocenters. The molecule has 0 spiro atoms. The van der Waals surface area contributed by atoms with Crippen LogP contribution in [0.3, 0.4) is 0 Å². The van der Waals surface area contributed by atoms with Gasteiger partial charge < -0.3 is 5.11 Å². The van der Waals surface area contributed by atoms with Crippen LogP contribution in [0.1, 0.15) is 51.9 Å². The van der Waals surface area contributed by atoms with Gasteiger partial charge in [0.1, 0.15) is 0 Å². The summed E-state index contributed by atoms with van der Waals surface area (Å²) in [5.74, 6) is 1.80. The number of aliphatic hydroxyl groups is 1. The van der Waals surface area contributed by atoms with Crippen LogP contribution in [-0.2, 0) is 0 Å². The third-order valence-corrected chi connectivity index (χ3v) is 3.04. The first kappa shape index (κ1) is 13.3. The molecule has 13 heavy (non-hydrogen) atoms. The highest BCUT2D eigenvalue weighted by Crippen LogP contribution is 2.12. The lowest BCUT2D eigenvalue weighted by Gasteiger charge is -2.06. The molecule has 0 aliphatic rings. The lowest BCUT2D eigenvalue weighted by atomic mass is 10.0. The van der Waals surface area contributed by atoms with Crippen molar-refractivity contribution in [1.29, 1.82) is 0 Å². The number of hydrogen-bond acceptors (Lipinski definition) is 2. The average Bonchev–Trinajstić information content (AvgIpc) is 2.16. The summed E-state index contributed by atoms with van der Waals surface area (Å²) in [5.41, 5.74) is 0. The van der Waals surface area contributed by atoms with E-state index in [-0.39, 0.29) is 0 Å². The van der Waals surface area contributed by atoms with Crippen molar-refractivity contribution in [1.82, 2.24) is 0 Å². The van der Waals surface area contributed by atoms with E-state index in [9.17, 15) is 0 Å². The third kappa shape index (κ3) is 10.2. The second kappa shape index (κ2) is 10.4. The Balaban J connectivity index is 2.91. The molecule has 0 radical (unpaired) electrons. The predicted molar refractivity (Wildman–Crippen MR) is 62.4 cm³/mol. The zero-order valence-electron chi connectivity index (χ0n) is 8.84. The van der Waals surface area contributed by atoms with Crippen LogP contribution >= 0.6 is 12.6 Å². The summed E-state index contributed by atoms with van der Waals surface area (Å²) >= 11 is 4.26. The van der Waals surface area contributed by atoms with Gasteiger partial charge in [-0.3, -0.25) is 0 Å². The van der Waals surface area contributed by atoms with Crippen LogP contribution in [0.15, 0.2) is 0 Å². The fourth-order valence-corrected chi connectivity index (χ4v) is 1.59. The van der Waals surface area contributed by atoms with Gasteiger partial charge in [-0.15, -0.1) is 0 Å². The lowest BCUT2D eigenvalue weighted by Crippen LogP contribution is -1.95. The van der Waals surface area contributed by atoms with Gasteiger partial charge in [0.2, 0.25) is 0 Å². The van der Waals surface area contributed by atoms with Gasteiger partial charge >= 0.3 is 0 Å². The van der Waals surface area contributed by atoms with Crippen LogP contribution in [0.25, 0.3) is 0 Å². The molecule has 2 heteroatoms. The van der Waals surface area contributed by atoms with E-state index in [4.69, 9.17) is 5.11 Å². The van der Waals surface area contributed by atoms with Gasteiger partial charge in [-0.2, -0.15) is 12.6 Å². The predicted octanol–water partition coefficient (Wildman–Crippen LogP) is 3.28. The maximum Gasteiger partial charge on any atom is 0.0431 e. The molecular formula is C11H24OS. The molecule has 0 aliphatic heterocycles. The highest BCUT2D eigenvalue weighted by molar-refractivity contribution is 7.80. The SMILES string of the molecule is CC(CS)CCCCCCCCO. The molecule has 0 saturated heterocycles. The molecule has 80 valence electrons. The average molecular weight is 204 g/mol. The summed E-state index contributed by atoms with van der Waals surface area (Å²) < 4.78 is 0. The lowest BCUT2D eigenvalue weighted by molar-refractivity contribution is 0.282. The molecule has 0 aromatic rings. The minimum atomic E-state index is 0.358. The maximum absolute atomic E-state index is 8.57. The monoisotopic (exact) mass is 204 g/mol. The van der Waals surface area contributed by atoms with E-state index in [1.54, 1.807) is 0 Å². The molecule has 0 rings (SSSR count). The highest BCUT2D eigenvalue weighted by Gasteiger charge is 1.98. The molecular weight excluding hydrogens is 180 g/mol. The molecule has 0 heterocycles. The van der Waals surface area contributed by atoms with Crippen LogP contribution in [0.2, 0.25) is 0 Å². The molecule has 1 nitrogen and oxygen atoms in total. The standard InChI is InChI=1S/C11H24OS/c1-11(10-13)8-6-4-2-3-5-7-9-12/h11-13H,2-10H2,1H3. The molecule has 0 saturated carbocycles. The molecule has 0 aromatic heterocycles. The van der Waals surface area contributed by atoms with Crippen molar-refractivity contribution in [3.63, 3.8) is 0 Å². The first-order valence-electron chi connectivity index (χ1n) is 5.53. The maximum atomic E-state index is 8.57. The highest BCUT2D eigenvalue weighted by atomic mass is 32.1. The molecule has 0 bridgehead atoms. The van der Waals surface area contributed by atoms with E-state index in [1.165, 1.54) is 38.5 Å². The zero-order chi connectivity index (χ0) is 9.94. The number of rotatable bonds is 9. The molecule has 1 unspecified atom stereocenters. The second-order valence-electron chi connectivity index (χ2n) is 3.92. The summed E-state index contributed by atoms with van der Waals surface area (Å²) in [6.45, 7) is 2.62. The Kier molecular flexibility index (Phi) is 10.6. The second-order valence-corrected chi connectivity index (χ2v) is 4.29. The van der Waals surface area contributed by atoms with Gasteiger partial charge in [-0.1, -0.05) is 39.0 Å². The minimum Gasteiger partial charge on any atom is -0.396 e. The van der Waals surface area contributed by atoms with Crippen LogP contribution in [0, 0.1) is 5.92 Å². The zero-order valence-corrected chi connectivity index (χ0v) is 9.73. The summed E-state index contributed by atoms with van der Waals surface area (Å²) in [4.78, 5) is 0. The van der Waals surface area contributed by atoms with Crippen LogP contribution in [-0.4, -0.2) is 17.5 Å². The van der Waals surface area contributed by atoms with E-state index in [0.717, 1.165) is 18.1 Å². The Bertz CT molecular complexity index is 96.1. The first-order chi connectivity index (χ1) is 6.31. The van der Waals surface area contributed by atoms with Crippen LogP contribution in [0.5, 0.6) is 0 Å². The molecule has 0 aromatic carbocycles. The minimum absolute atomic E-state index is 0.358. The van der Waals surface area contributed by atoms with Crippen LogP contribution in [0.4, 0.5) is 0 Å². The number of thiol groups is 1. The van der Waals surface area contributed by atoms with Crippen molar-refractivity contribution in [2.24, 2.45) is 5.92 Å². The number of hydrogen-bond donors (Lipinski definition) is 2.